The van der Waals surface area contributed by atoms with Crippen molar-refractivity contribution in [3.63, 3.8) is 0 Å². The Morgan fingerprint density at radius 3 is 2.67 bits per heavy atom. The summed E-state index contributed by atoms with van der Waals surface area (Å²) < 4.78 is 12.9. The van der Waals surface area contributed by atoms with E-state index in [0.29, 0.717) is 12.3 Å². The van der Waals surface area contributed by atoms with Crippen molar-refractivity contribution < 1.29 is 4.39 Å². The van der Waals surface area contributed by atoms with E-state index in [1.54, 1.807) is 0 Å². The van der Waals surface area contributed by atoms with Crippen LogP contribution in [-0.4, -0.2) is 13.1 Å². The Labute approximate surface area is 108 Å². The van der Waals surface area contributed by atoms with Crippen LogP contribution in [0.3, 0.4) is 0 Å². The van der Waals surface area contributed by atoms with Crippen molar-refractivity contribution in [3.8, 4) is 6.07 Å². The van der Waals surface area contributed by atoms with Gasteiger partial charge in [-0.25, -0.2) is 4.39 Å². The van der Waals surface area contributed by atoms with Crippen molar-refractivity contribution in [1.29, 1.82) is 5.26 Å². The summed E-state index contributed by atoms with van der Waals surface area (Å²) in [6.07, 6.45) is 1.65. The molecule has 1 aromatic carbocycles. The number of nitriles is 1. The van der Waals surface area contributed by atoms with Crippen LogP contribution in [0.5, 0.6) is 0 Å². The summed E-state index contributed by atoms with van der Waals surface area (Å²) in [5.41, 5.74) is 1.27. The van der Waals surface area contributed by atoms with Crippen molar-refractivity contribution in [2.24, 2.45) is 11.3 Å². The van der Waals surface area contributed by atoms with Gasteiger partial charge in [-0.15, -0.1) is 0 Å². The van der Waals surface area contributed by atoms with E-state index in [1.807, 2.05) is 12.1 Å². The minimum atomic E-state index is -0.204. The maximum absolute atomic E-state index is 12.9. The molecule has 0 amide bonds. The largest absolute Gasteiger partial charge is 0.371 e. The minimum absolute atomic E-state index is 0.204. The maximum Gasteiger partial charge on any atom is 0.123 e. The second-order valence-electron chi connectivity index (χ2n) is 5.72. The lowest BCUT2D eigenvalue weighted by atomic mass is 9.72. The van der Waals surface area contributed by atoms with Crippen molar-refractivity contribution >= 4 is 5.69 Å². The number of benzene rings is 1. The van der Waals surface area contributed by atoms with Gasteiger partial charge < -0.3 is 4.90 Å². The van der Waals surface area contributed by atoms with E-state index in [-0.39, 0.29) is 11.2 Å². The molecule has 1 fully saturated rings. The zero-order valence-electron chi connectivity index (χ0n) is 11.0. The van der Waals surface area contributed by atoms with Crippen LogP contribution >= 0.6 is 0 Å². The molecule has 2 rings (SSSR count). The lowest BCUT2D eigenvalue weighted by Crippen LogP contribution is -2.44. The Bertz CT molecular complexity index is 445. The third kappa shape index (κ3) is 2.64. The summed E-state index contributed by atoms with van der Waals surface area (Å²) >= 11 is 0. The van der Waals surface area contributed by atoms with Crippen LogP contribution in [0.25, 0.3) is 0 Å². The molecule has 0 spiro atoms. The van der Waals surface area contributed by atoms with E-state index in [4.69, 9.17) is 5.26 Å². The first kappa shape index (κ1) is 12.9. The molecule has 2 nitrogen and oxygen atoms in total. The highest BCUT2D eigenvalue weighted by atomic mass is 19.1. The third-order valence-corrected chi connectivity index (χ3v) is 4.10. The molecule has 1 aromatic rings. The number of anilines is 1. The normalized spacial score (nSPS) is 22.6. The lowest BCUT2D eigenvalue weighted by Gasteiger charge is -2.44. The topological polar surface area (TPSA) is 27.0 Å². The van der Waals surface area contributed by atoms with Crippen molar-refractivity contribution in [2.75, 3.05) is 18.0 Å². The van der Waals surface area contributed by atoms with E-state index in [0.717, 1.165) is 25.2 Å². The van der Waals surface area contributed by atoms with E-state index < -0.39 is 0 Å². The van der Waals surface area contributed by atoms with Crippen LogP contribution in [0, 0.1) is 28.5 Å². The van der Waals surface area contributed by atoms with Gasteiger partial charge in [0, 0.05) is 25.2 Å². The zero-order valence-corrected chi connectivity index (χ0v) is 11.0. The molecule has 96 valence electrons. The fourth-order valence-corrected chi connectivity index (χ4v) is 2.57. The van der Waals surface area contributed by atoms with E-state index >= 15 is 0 Å². The average molecular weight is 246 g/mol. The molecule has 0 radical (unpaired) electrons. The Morgan fingerprint density at radius 2 is 2.06 bits per heavy atom. The van der Waals surface area contributed by atoms with Gasteiger partial charge in [-0.05, 0) is 42.0 Å². The molecule has 1 unspecified atom stereocenters. The van der Waals surface area contributed by atoms with Gasteiger partial charge in [0.05, 0.1) is 6.07 Å². The van der Waals surface area contributed by atoms with Crippen molar-refractivity contribution in [2.45, 2.75) is 26.7 Å². The summed E-state index contributed by atoms with van der Waals surface area (Å²) in [7, 11) is 0. The highest BCUT2D eigenvalue weighted by molar-refractivity contribution is 5.46. The van der Waals surface area contributed by atoms with Crippen LogP contribution in [0.4, 0.5) is 10.1 Å². The minimum Gasteiger partial charge on any atom is -0.371 e. The fourth-order valence-electron chi connectivity index (χ4n) is 2.57. The summed E-state index contributed by atoms with van der Waals surface area (Å²) in [6.45, 7) is 6.32. The molecule has 1 aliphatic rings. The summed E-state index contributed by atoms with van der Waals surface area (Å²) in [5.74, 6) is 0.172. The molecular formula is C15H19FN2. The van der Waals surface area contributed by atoms with Crippen LogP contribution in [-0.2, 0) is 0 Å². The van der Waals surface area contributed by atoms with Crippen LogP contribution in [0.15, 0.2) is 24.3 Å². The highest BCUT2D eigenvalue weighted by Gasteiger charge is 2.35. The Morgan fingerprint density at radius 1 is 1.39 bits per heavy atom. The lowest BCUT2D eigenvalue weighted by molar-refractivity contribution is 0.174. The zero-order chi connectivity index (χ0) is 13.2. The number of hydrogen-bond acceptors (Lipinski definition) is 2. The predicted octanol–water partition coefficient (Wildman–Crippen LogP) is 3.59. The number of hydrogen-bond donors (Lipinski definition) is 0. The van der Waals surface area contributed by atoms with E-state index in [2.05, 4.69) is 24.8 Å². The van der Waals surface area contributed by atoms with Gasteiger partial charge in [-0.2, -0.15) is 5.26 Å². The van der Waals surface area contributed by atoms with Gasteiger partial charge in [-0.3, -0.25) is 0 Å². The maximum atomic E-state index is 12.9. The van der Waals surface area contributed by atoms with Gasteiger partial charge >= 0.3 is 0 Å². The first-order valence-electron chi connectivity index (χ1n) is 6.40. The number of piperidine rings is 1. The molecule has 1 saturated heterocycles. The summed E-state index contributed by atoms with van der Waals surface area (Å²) in [5, 5.41) is 8.93. The fraction of sp³-hybridized carbons (Fsp3) is 0.533. The summed E-state index contributed by atoms with van der Waals surface area (Å²) in [6, 6.07) is 8.91. The van der Waals surface area contributed by atoms with Gasteiger partial charge in [-0.1, -0.05) is 13.8 Å². The second-order valence-corrected chi connectivity index (χ2v) is 5.72. The Balaban J connectivity index is 2.13. The predicted molar refractivity (Wildman–Crippen MR) is 70.7 cm³/mol. The molecule has 0 N–H and O–H groups in total. The van der Waals surface area contributed by atoms with Crippen LogP contribution in [0.1, 0.15) is 26.7 Å². The first-order chi connectivity index (χ1) is 8.53. The second kappa shape index (κ2) is 4.97. The van der Waals surface area contributed by atoms with Gasteiger partial charge in [0.25, 0.3) is 0 Å². The molecule has 0 aliphatic carbocycles. The smallest absolute Gasteiger partial charge is 0.123 e. The Hall–Kier alpha value is -1.56. The molecule has 0 bridgehead atoms. The molecule has 1 heterocycles. The Kier molecular flexibility index (Phi) is 3.56. The van der Waals surface area contributed by atoms with E-state index in [9.17, 15) is 4.39 Å². The van der Waals surface area contributed by atoms with Crippen molar-refractivity contribution in [1.82, 2.24) is 0 Å². The number of rotatable bonds is 2. The average Bonchev–Trinajstić information content (AvgIpc) is 2.33. The van der Waals surface area contributed by atoms with Gasteiger partial charge in [0.1, 0.15) is 5.82 Å². The summed E-state index contributed by atoms with van der Waals surface area (Å²) in [4.78, 5) is 2.26. The molecular weight excluding hydrogens is 227 g/mol. The molecule has 1 aliphatic heterocycles. The standard InChI is InChI=1S/C15H19FN2/c1-15(2)8-10-18(11-12(15)7-9-17)14-5-3-13(16)4-6-14/h3-6,12H,7-8,10-11H2,1-2H3. The number of halogens is 1. The van der Waals surface area contributed by atoms with Crippen LogP contribution in [0.2, 0.25) is 0 Å². The molecule has 3 heteroatoms. The van der Waals surface area contributed by atoms with Gasteiger partial charge in [0.2, 0.25) is 0 Å². The molecule has 18 heavy (non-hydrogen) atoms. The molecule has 0 aromatic heterocycles. The van der Waals surface area contributed by atoms with Gasteiger partial charge in [0.15, 0.2) is 0 Å². The van der Waals surface area contributed by atoms with Crippen molar-refractivity contribution in [3.05, 3.63) is 30.1 Å². The SMILES string of the molecule is CC1(C)CCN(c2ccc(F)cc2)CC1CC#N. The highest BCUT2D eigenvalue weighted by Crippen LogP contribution is 2.38. The van der Waals surface area contributed by atoms with E-state index in [1.165, 1.54) is 12.1 Å². The third-order valence-electron chi connectivity index (χ3n) is 4.10. The first-order valence-corrected chi connectivity index (χ1v) is 6.40. The molecule has 0 saturated carbocycles. The quantitative estimate of drug-likeness (QED) is 0.797. The van der Waals surface area contributed by atoms with Crippen LogP contribution < -0.4 is 4.90 Å². The number of nitrogens with zero attached hydrogens (tertiary/aromatic N) is 2. The monoisotopic (exact) mass is 246 g/mol. The molecule has 1 atom stereocenters.